The van der Waals surface area contributed by atoms with Gasteiger partial charge in [0.1, 0.15) is 22.1 Å². The predicted octanol–water partition coefficient (Wildman–Crippen LogP) is -2.17. The molecule has 200 valence electrons. The Bertz CT molecular complexity index is 1190. The standard InChI is InChI=1S/C18H20ClN5O11SSi/c19-12-8(22-18(20)36-12)9(23-35-5(16(31)32)2-7(27)28)13(29)21-10-14(30)24-11(17(33)34)4(1-6(25)26)3-37-15(10)24/h4-5,10-11,15H,1-3,37H2,(H2,20,22)(H,21,29)(H,25,26)(H,27,28)(H,31,32)(H,33,34)/b23-9-/t4-,5+,10+,11-,15+/m0/s1. The van der Waals surface area contributed by atoms with E-state index >= 15 is 0 Å². The average molecular weight is 578 g/mol. The Morgan fingerprint density at radius 3 is 2.43 bits per heavy atom. The number of thiazole rings is 1. The first-order valence-corrected chi connectivity index (χ1v) is 13.5. The van der Waals surface area contributed by atoms with E-state index in [0.717, 1.165) is 16.2 Å². The number of nitrogens with two attached hydrogens (primary N) is 1. The largest absolute Gasteiger partial charge is 0.481 e. The number of hydrogen-bond acceptors (Lipinski definition) is 11. The van der Waals surface area contributed by atoms with E-state index in [1.165, 1.54) is 0 Å². The SMILES string of the molecule is Nc1nc(/C(=N/O[C@H](CC(=O)O)C(=O)O)C(=O)N[C@@H]2C(=O)N3[C@@H]2[SiH2]C[C@H](CC(=O)O)[C@H]3C(=O)O)c(Cl)s1. The monoisotopic (exact) mass is 577 g/mol. The van der Waals surface area contributed by atoms with Crippen molar-refractivity contribution in [2.75, 3.05) is 5.73 Å². The molecule has 1 aromatic rings. The fourth-order valence-corrected chi connectivity index (χ4v) is 7.77. The summed E-state index contributed by atoms with van der Waals surface area (Å²) in [5.41, 5.74) is 3.98. The van der Waals surface area contributed by atoms with E-state index in [9.17, 15) is 33.9 Å². The van der Waals surface area contributed by atoms with Crippen LogP contribution in [0.25, 0.3) is 0 Å². The summed E-state index contributed by atoms with van der Waals surface area (Å²) >= 11 is 6.80. The number of oxime groups is 1. The second-order valence-electron chi connectivity index (χ2n) is 8.13. The number of carboxylic acid groups (broad SMARTS) is 4. The lowest BCUT2D eigenvalue weighted by molar-refractivity contribution is -0.167. The van der Waals surface area contributed by atoms with Crippen molar-refractivity contribution >= 4 is 79.0 Å². The van der Waals surface area contributed by atoms with Crippen LogP contribution in [0.4, 0.5) is 5.13 Å². The number of carboxylic acids is 4. The first kappa shape index (κ1) is 27.8. The van der Waals surface area contributed by atoms with E-state index in [0.29, 0.717) is 6.04 Å². The molecule has 5 atom stereocenters. The minimum atomic E-state index is -1.97. The summed E-state index contributed by atoms with van der Waals surface area (Å²) in [6.45, 7) is 0. The molecular formula is C18H20ClN5O11SSi. The average Bonchev–Trinajstić information content (AvgIpc) is 3.12. The fraction of sp³-hybridized carbons (Fsp3) is 0.444. The van der Waals surface area contributed by atoms with Gasteiger partial charge in [-0.1, -0.05) is 34.1 Å². The van der Waals surface area contributed by atoms with Crippen molar-refractivity contribution in [1.29, 1.82) is 0 Å². The van der Waals surface area contributed by atoms with Gasteiger partial charge in [-0.25, -0.2) is 14.6 Å². The quantitative estimate of drug-likeness (QED) is 0.0708. The highest BCUT2D eigenvalue weighted by atomic mass is 35.5. The number of amides is 2. The molecule has 37 heavy (non-hydrogen) atoms. The molecule has 3 rings (SSSR count). The number of fused-ring (bicyclic) bond motifs is 1. The summed E-state index contributed by atoms with van der Waals surface area (Å²) < 4.78 is -0.129. The number of anilines is 1. The van der Waals surface area contributed by atoms with Gasteiger partial charge in [0.05, 0.1) is 22.4 Å². The van der Waals surface area contributed by atoms with E-state index in [-0.39, 0.29) is 15.2 Å². The number of rotatable bonds is 11. The Hall–Kier alpha value is -3.77. The molecular weight excluding hydrogens is 558 g/mol. The number of nitrogen functional groups attached to an aromatic ring is 1. The summed E-state index contributed by atoms with van der Waals surface area (Å²) in [6.07, 6.45) is -3.38. The third kappa shape index (κ3) is 5.97. The summed E-state index contributed by atoms with van der Waals surface area (Å²) in [5.74, 6) is -8.33. The van der Waals surface area contributed by atoms with Gasteiger partial charge in [0.15, 0.2) is 10.8 Å². The van der Waals surface area contributed by atoms with Crippen LogP contribution in [0.5, 0.6) is 0 Å². The van der Waals surface area contributed by atoms with Crippen LogP contribution in [0.3, 0.4) is 0 Å². The third-order valence-corrected chi connectivity index (χ3v) is 9.38. The fourth-order valence-electron chi connectivity index (χ4n) is 4.21. The lowest BCUT2D eigenvalue weighted by Gasteiger charge is -2.54. The number of halogens is 1. The van der Waals surface area contributed by atoms with Gasteiger partial charge >= 0.3 is 23.9 Å². The van der Waals surface area contributed by atoms with E-state index in [2.05, 4.69) is 15.5 Å². The number of carbonyl (C=O) groups is 6. The zero-order valence-electron chi connectivity index (χ0n) is 18.6. The molecule has 19 heteroatoms. The van der Waals surface area contributed by atoms with Gasteiger partial charge in [-0.2, -0.15) is 0 Å². The molecule has 2 saturated heterocycles. The molecule has 16 nitrogen and oxygen atoms in total. The highest BCUT2D eigenvalue weighted by Gasteiger charge is 2.57. The maximum Gasteiger partial charge on any atom is 0.348 e. The smallest absolute Gasteiger partial charge is 0.348 e. The minimum Gasteiger partial charge on any atom is -0.481 e. The maximum absolute atomic E-state index is 13.1. The van der Waals surface area contributed by atoms with Crippen molar-refractivity contribution in [2.45, 2.75) is 42.7 Å². The molecule has 0 spiro atoms. The van der Waals surface area contributed by atoms with Crippen molar-refractivity contribution < 1.29 is 54.0 Å². The zero-order valence-corrected chi connectivity index (χ0v) is 21.6. The number of nitrogens with zero attached hydrogens (tertiary/aromatic N) is 3. The van der Waals surface area contributed by atoms with E-state index in [1.54, 1.807) is 0 Å². The number of nitrogens with one attached hydrogen (secondary N) is 1. The zero-order chi connectivity index (χ0) is 27.6. The molecule has 0 radical (unpaired) electrons. The van der Waals surface area contributed by atoms with Gasteiger partial charge in [-0.05, 0) is 5.92 Å². The van der Waals surface area contributed by atoms with Gasteiger partial charge < -0.3 is 41.2 Å². The van der Waals surface area contributed by atoms with Crippen LogP contribution in [0, 0.1) is 5.92 Å². The van der Waals surface area contributed by atoms with Crippen LogP contribution >= 0.6 is 22.9 Å². The number of aliphatic carboxylic acids is 4. The first-order valence-electron chi connectivity index (χ1n) is 10.5. The van der Waals surface area contributed by atoms with Crippen molar-refractivity contribution in [3.63, 3.8) is 0 Å². The van der Waals surface area contributed by atoms with Crippen molar-refractivity contribution in [2.24, 2.45) is 11.1 Å². The molecule has 0 aliphatic carbocycles. The summed E-state index contributed by atoms with van der Waals surface area (Å²) in [4.78, 5) is 80.7. The molecule has 0 unspecified atom stereocenters. The van der Waals surface area contributed by atoms with Gasteiger partial charge in [0, 0.05) is 5.67 Å². The van der Waals surface area contributed by atoms with Crippen LogP contribution in [-0.4, -0.2) is 105 Å². The summed E-state index contributed by atoms with van der Waals surface area (Å²) in [5, 5.41) is 42.5. The summed E-state index contributed by atoms with van der Waals surface area (Å²) in [6, 6.07) is -2.21. The van der Waals surface area contributed by atoms with Crippen molar-refractivity contribution in [3.05, 3.63) is 10.0 Å². The molecule has 7 N–H and O–H groups in total. The second-order valence-corrected chi connectivity index (χ2v) is 11.8. The lowest BCUT2D eigenvalue weighted by Crippen LogP contribution is -2.79. The van der Waals surface area contributed by atoms with E-state index < -0.39 is 93.5 Å². The summed E-state index contributed by atoms with van der Waals surface area (Å²) in [7, 11) is -1.25. The predicted molar refractivity (Wildman–Crippen MR) is 126 cm³/mol. The second kappa shape index (κ2) is 11.1. The Morgan fingerprint density at radius 1 is 1.24 bits per heavy atom. The number of hydrogen-bond donors (Lipinski definition) is 6. The Balaban J connectivity index is 1.84. The van der Waals surface area contributed by atoms with Gasteiger partial charge in [0.2, 0.25) is 12.0 Å². The van der Waals surface area contributed by atoms with Crippen molar-refractivity contribution in [3.8, 4) is 0 Å². The number of β-lactam (4-membered cyclic amide) rings is 1. The molecule has 0 saturated carbocycles. The molecule has 3 heterocycles. The van der Waals surface area contributed by atoms with Crippen LogP contribution in [0.2, 0.25) is 10.4 Å². The third-order valence-electron chi connectivity index (χ3n) is 5.77. The molecule has 2 amide bonds. The normalized spacial score (nSPS) is 24.5. The molecule has 1 aromatic heterocycles. The van der Waals surface area contributed by atoms with Gasteiger partial charge in [-0.3, -0.25) is 19.2 Å². The number of aromatic nitrogens is 1. The topological polar surface area (TPSA) is 259 Å². The van der Waals surface area contributed by atoms with E-state index in [1.807, 2.05) is 0 Å². The highest BCUT2D eigenvalue weighted by molar-refractivity contribution is 7.19. The Labute approximate surface area is 217 Å². The van der Waals surface area contributed by atoms with Crippen LogP contribution in [-0.2, 0) is 33.6 Å². The molecule has 2 aliphatic heterocycles. The number of carbonyl (C=O) groups excluding carboxylic acids is 2. The molecule has 0 aromatic carbocycles. The minimum absolute atomic E-state index is 0.0832. The van der Waals surface area contributed by atoms with E-state index in [4.69, 9.17) is 37.5 Å². The highest BCUT2D eigenvalue weighted by Crippen LogP contribution is 2.35. The van der Waals surface area contributed by atoms with Crippen LogP contribution in [0.15, 0.2) is 5.16 Å². The van der Waals surface area contributed by atoms with Crippen LogP contribution in [0.1, 0.15) is 18.5 Å². The Morgan fingerprint density at radius 2 is 1.92 bits per heavy atom. The lowest BCUT2D eigenvalue weighted by atomic mass is 9.91. The van der Waals surface area contributed by atoms with Crippen LogP contribution < -0.4 is 11.1 Å². The molecule has 2 aliphatic rings. The van der Waals surface area contributed by atoms with Gasteiger partial charge in [-0.15, -0.1) is 0 Å². The van der Waals surface area contributed by atoms with Gasteiger partial charge in [0.25, 0.3) is 5.91 Å². The first-order chi connectivity index (χ1) is 17.3. The molecule has 2 fully saturated rings. The van der Waals surface area contributed by atoms with Crippen molar-refractivity contribution in [1.82, 2.24) is 15.2 Å². The Kier molecular flexibility index (Phi) is 8.34. The molecule has 0 bridgehead atoms. The maximum atomic E-state index is 13.1.